The van der Waals surface area contributed by atoms with Crippen LogP contribution in [-0.4, -0.2) is 52.8 Å². The molecule has 2 heterocycles. The number of amides is 4. The lowest BCUT2D eigenvalue weighted by Gasteiger charge is -2.49. The molecule has 9 nitrogen and oxygen atoms in total. The molecule has 3 aromatic rings. The molecule has 7 rings (SSSR count). The highest BCUT2D eigenvalue weighted by atomic mass is 35.5. The van der Waals surface area contributed by atoms with E-state index in [0.29, 0.717) is 28.3 Å². The molecule has 4 amide bonds. The van der Waals surface area contributed by atoms with E-state index in [-0.39, 0.29) is 29.7 Å². The van der Waals surface area contributed by atoms with E-state index in [4.69, 9.17) is 16.3 Å². The van der Waals surface area contributed by atoms with Crippen molar-refractivity contribution in [2.24, 2.45) is 29.6 Å². The van der Waals surface area contributed by atoms with Gasteiger partial charge in [0.05, 0.1) is 36.0 Å². The first-order valence-electron chi connectivity index (χ1n) is 15.3. The molecule has 240 valence electrons. The number of halogens is 2. The average molecular weight is 656 g/mol. The molecule has 2 aliphatic carbocycles. The maximum atomic E-state index is 15.0. The number of likely N-dealkylation sites (tertiary alicyclic amines) is 1. The SMILES string of the molecule is COc1cc(C=C[C@H]2C3=CC[C@@H]4C(=O)N(C)C(=O)[C@@H]4[C@@H]3C[C@H]3C(=O)N(Nc4ccc(F)cc4)C(=O)[C@@]23c2ccc(Cl)cc2)ccc1O. The van der Waals surface area contributed by atoms with Gasteiger partial charge in [-0.2, -0.15) is 5.01 Å². The molecule has 2 aliphatic heterocycles. The number of phenolic OH excluding ortho intramolecular Hbond substituents is 1. The quantitative estimate of drug-likeness (QED) is 0.272. The topological polar surface area (TPSA) is 116 Å². The van der Waals surface area contributed by atoms with Crippen LogP contribution < -0.4 is 10.2 Å². The van der Waals surface area contributed by atoms with E-state index in [1.807, 2.05) is 12.2 Å². The molecular weight excluding hydrogens is 625 g/mol. The largest absolute Gasteiger partial charge is 0.504 e. The summed E-state index contributed by atoms with van der Waals surface area (Å²) in [5.41, 5.74) is 3.85. The second-order valence-corrected chi connectivity index (χ2v) is 12.9. The van der Waals surface area contributed by atoms with Gasteiger partial charge < -0.3 is 9.84 Å². The fraction of sp³-hybridized carbons (Fsp3) is 0.278. The number of nitrogens with zero attached hydrogens (tertiary/aromatic N) is 2. The number of methoxy groups -OCH3 is 1. The van der Waals surface area contributed by atoms with Gasteiger partial charge in [-0.05, 0) is 78.4 Å². The molecule has 2 saturated heterocycles. The number of rotatable bonds is 6. The first kappa shape index (κ1) is 30.7. The van der Waals surface area contributed by atoms with E-state index in [1.54, 1.807) is 42.5 Å². The zero-order chi connectivity index (χ0) is 33.2. The minimum Gasteiger partial charge on any atom is -0.504 e. The highest BCUT2D eigenvalue weighted by molar-refractivity contribution is 6.30. The van der Waals surface area contributed by atoms with Crippen LogP contribution in [-0.2, 0) is 24.6 Å². The Morgan fingerprint density at radius 3 is 2.40 bits per heavy atom. The third-order valence-corrected chi connectivity index (χ3v) is 10.5. The highest BCUT2D eigenvalue weighted by Crippen LogP contribution is 2.61. The summed E-state index contributed by atoms with van der Waals surface area (Å²) < 4.78 is 19.0. The number of phenols is 1. The second kappa shape index (κ2) is 11.4. The van der Waals surface area contributed by atoms with Crippen LogP contribution in [0.4, 0.5) is 10.1 Å². The van der Waals surface area contributed by atoms with Gasteiger partial charge in [0.15, 0.2) is 11.5 Å². The Kier molecular flexibility index (Phi) is 7.43. The number of carbonyl (C=O) groups is 4. The minimum absolute atomic E-state index is 0.0336. The number of imide groups is 2. The van der Waals surface area contributed by atoms with Crippen LogP contribution >= 0.6 is 11.6 Å². The monoisotopic (exact) mass is 655 g/mol. The summed E-state index contributed by atoms with van der Waals surface area (Å²) in [5.74, 6) is -5.13. The van der Waals surface area contributed by atoms with Crippen LogP contribution in [0.1, 0.15) is 24.0 Å². The Bertz CT molecular complexity index is 1880. The second-order valence-electron chi connectivity index (χ2n) is 12.4. The van der Waals surface area contributed by atoms with Gasteiger partial charge in [-0.1, -0.05) is 53.6 Å². The van der Waals surface area contributed by atoms with Crippen LogP contribution in [0.5, 0.6) is 11.5 Å². The zero-order valence-corrected chi connectivity index (χ0v) is 26.3. The smallest absolute Gasteiger partial charge is 0.260 e. The van der Waals surface area contributed by atoms with Gasteiger partial charge in [-0.15, -0.1) is 0 Å². The van der Waals surface area contributed by atoms with Gasteiger partial charge in [0.1, 0.15) is 5.82 Å². The number of fused-ring (bicyclic) bond motifs is 4. The Morgan fingerprint density at radius 1 is 0.979 bits per heavy atom. The minimum atomic E-state index is -1.46. The molecule has 6 atom stereocenters. The lowest BCUT2D eigenvalue weighted by molar-refractivity contribution is -0.140. The Hall–Kier alpha value is -4.96. The molecule has 0 radical (unpaired) electrons. The van der Waals surface area contributed by atoms with E-state index in [0.717, 1.165) is 10.6 Å². The predicted molar refractivity (Wildman–Crippen MR) is 171 cm³/mol. The number of hydrazine groups is 1. The lowest BCUT2D eigenvalue weighted by atomic mass is 9.50. The van der Waals surface area contributed by atoms with Crippen molar-refractivity contribution in [2.75, 3.05) is 19.6 Å². The third-order valence-electron chi connectivity index (χ3n) is 10.2. The number of carbonyl (C=O) groups excluding carboxylic acids is 4. The first-order valence-corrected chi connectivity index (χ1v) is 15.7. The molecular formula is C36H31ClFN3O6. The van der Waals surface area contributed by atoms with E-state index in [9.17, 15) is 28.7 Å². The van der Waals surface area contributed by atoms with Crippen LogP contribution in [0.3, 0.4) is 0 Å². The van der Waals surface area contributed by atoms with Crippen LogP contribution in [0.25, 0.3) is 6.08 Å². The number of benzene rings is 3. The Morgan fingerprint density at radius 2 is 1.70 bits per heavy atom. The number of ether oxygens (including phenoxy) is 1. The average Bonchev–Trinajstić information content (AvgIpc) is 3.42. The van der Waals surface area contributed by atoms with Gasteiger partial charge in [-0.25, -0.2) is 4.39 Å². The van der Waals surface area contributed by atoms with Crippen molar-refractivity contribution in [1.82, 2.24) is 9.91 Å². The summed E-state index contributed by atoms with van der Waals surface area (Å²) in [6.45, 7) is 0. The van der Waals surface area contributed by atoms with Crippen LogP contribution in [0.2, 0.25) is 5.02 Å². The Balaban J connectivity index is 1.43. The van der Waals surface area contributed by atoms with Crippen molar-refractivity contribution in [2.45, 2.75) is 18.3 Å². The summed E-state index contributed by atoms with van der Waals surface area (Å²) in [4.78, 5) is 57.3. The molecule has 2 N–H and O–H groups in total. The van der Waals surface area contributed by atoms with Gasteiger partial charge in [0.25, 0.3) is 11.8 Å². The standard InChI is InChI=1S/C36H31ClFN3O6/c1-40-32(43)25-14-13-24-26(31(25)34(40)45)18-28-33(44)41(39-23-11-9-22(38)10-12-23)35(46)36(28,20-5-7-21(37)8-6-20)27(24)15-3-19-4-16-29(42)30(17-19)47-2/h3-13,15-17,25-28,31,39,42H,14,18H2,1-2H3/t25-,26+,27-,28-,31-,36-/m0/s1. The number of aromatic hydroxyl groups is 1. The summed E-state index contributed by atoms with van der Waals surface area (Å²) in [5, 5.41) is 11.6. The molecule has 3 aromatic carbocycles. The van der Waals surface area contributed by atoms with E-state index >= 15 is 0 Å². The summed E-state index contributed by atoms with van der Waals surface area (Å²) in [7, 11) is 2.93. The Labute approximate surface area is 275 Å². The van der Waals surface area contributed by atoms with Gasteiger partial charge in [0, 0.05) is 18.0 Å². The predicted octanol–water partition coefficient (Wildman–Crippen LogP) is 5.35. The molecule has 1 saturated carbocycles. The molecule has 3 fully saturated rings. The number of hydrogen-bond acceptors (Lipinski definition) is 7. The number of hydrogen-bond donors (Lipinski definition) is 2. The van der Waals surface area contributed by atoms with Gasteiger partial charge in [-0.3, -0.25) is 29.5 Å². The highest BCUT2D eigenvalue weighted by Gasteiger charge is 2.69. The first-order chi connectivity index (χ1) is 22.6. The molecule has 11 heteroatoms. The van der Waals surface area contributed by atoms with Crippen LogP contribution in [0.15, 0.2) is 84.5 Å². The fourth-order valence-electron chi connectivity index (χ4n) is 8.06. The van der Waals surface area contributed by atoms with Gasteiger partial charge in [0.2, 0.25) is 11.8 Å². The molecule has 47 heavy (non-hydrogen) atoms. The number of anilines is 1. The molecule has 0 spiro atoms. The molecule has 4 aliphatic rings. The third kappa shape index (κ3) is 4.65. The fourth-order valence-corrected chi connectivity index (χ4v) is 8.19. The van der Waals surface area contributed by atoms with Crippen molar-refractivity contribution < 1.29 is 33.4 Å². The molecule has 0 bridgehead atoms. The van der Waals surface area contributed by atoms with Crippen molar-refractivity contribution >= 4 is 47.0 Å². The van der Waals surface area contributed by atoms with E-state index in [1.165, 1.54) is 49.4 Å². The summed E-state index contributed by atoms with van der Waals surface area (Å²) in [6, 6.07) is 17.0. The zero-order valence-electron chi connectivity index (χ0n) is 25.5. The van der Waals surface area contributed by atoms with Gasteiger partial charge >= 0.3 is 0 Å². The number of nitrogens with one attached hydrogen (secondary N) is 1. The van der Waals surface area contributed by atoms with Crippen molar-refractivity contribution in [3.63, 3.8) is 0 Å². The van der Waals surface area contributed by atoms with E-state index in [2.05, 4.69) is 5.43 Å². The molecule has 0 unspecified atom stereocenters. The summed E-state index contributed by atoms with van der Waals surface area (Å²) >= 11 is 6.30. The van der Waals surface area contributed by atoms with Crippen molar-refractivity contribution in [3.8, 4) is 11.5 Å². The number of allylic oxidation sites excluding steroid dienone is 3. The van der Waals surface area contributed by atoms with Crippen molar-refractivity contribution in [1.29, 1.82) is 0 Å². The van der Waals surface area contributed by atoms with Crippen molar-refractivity contribution in [3.05, 3.63) is 106 Å². The normalized spacial score (nSPS) is 28.3. The maximum Gasteiger partial charge on any atom is 0.260 e. The van der Waals surface area contributed by atoms with Crippen LogP contribution in [0, 0.1) is 35.4 Å². The molecule has 0 aromatic heterocycles. The maximum absolute atomic E-state index is 15.0. The van der Waals surface area contributed by atoms with E-state index < -0.39 is 52.6 Å². The lowest BCUT2D eigenvalue weighted by Crippen LogP contribution is -2.54. The summed E-state index contributed by atoms with van der Waals surface area (Å²) in [6.07, 6.45) is 6.11.